The van der Waals surface area contributed by atoms with Gasteiger partial charge in [-0.25, -0.2) is 11.3 Å². The molecule has 0 radical (unpaired) electrons. The molecule has 0 saturated carbocycles. The first-order valence-corrected chi connectivity index (χ1v) is 10.5. The Kier molecular flexibility index (Phi) is 8.04. The van der Waals surface area contributed by atoms with Gasteiger partial charge in [-0.3, -0.25) is 10.0 Å². The summed E-state index contributed by atoms with van der Waals surface area (Å²) in [5.41, 5.74) is 10.9. The number of carbonyl (C=O) groups excluding carboxylic acids is 1. The van der Waals surface area contributed by atoms with E-state index in [0.717, 1.165) is 29.2 Å². The van der Waals surface area contributed by atoms with E-state index in [1.807, 2.05) is 36.4 Å². The van der Waals surface area contributed by atoms with Crippen molar-refractivity contribution in [1.29, 1.82) is 0 Å². The lowest BCUT2D eigenvalue weighted by atomic mass is 9.99. The highest BCUT2D eigenvalue weighted by Gasteiger charge is 2.19. The molecule has 3 rings (SSSR count). The van der Waals surface area contributed by atoms with Crippen molar-refractivity contribution in [2.45, 2.75) is 38.1 Å². The van der Waals surface area contributed by atoms with Crippen LogP contribution in [0.15, 0.2) is 84.7 Å². The third-order valence-corrected chi connectivity index (χ3v) is 5.34. The number of carbonyl (C=O) groups is 1. The summed E-state index contributed by atoms with van der Waals surface area (Å²) in [6.07, 6.45) is 4.84. The number of fused-ring (bicyclic) bond motifs is 1. The molecule has 0 aliphatic heterocycles. The Balaban J connectivity index is 1.65. The van der Waals surface area contributed by atoms with Crippen LogP contribution in [0.3, 0.4) is 0 Å². The molecule has 6 N–H and O–H groups in total. The zero-order valence-electron chi connectivity index (χ0n) is 17.6. The lowest BCUT2D eigenvalue weighted by Crippen LogP contribution is -2.42. The summed E-state index contributed by atoms with van der Waals surface area (Å²) in [6.45, 7) is 0. The highest BCUT2D eigenvalue weighted by atomic mass is 16.5. The first-order valence-electron chi connectivity index (χ1n) is 10.5. The van der Waals surface area contributed by atoms with Crippen molar-refractivity contribution in [3.8, 4) is 0 Å². The molecule has 0 spiro atoms. The van der Waals surface area contributed by atoms with Gasteiger partial charge in [0.05, 0.1) is 12.5 Å². The van der Waals surface area contributed by atoms with Gasteiger partial charge in [-0.15, -0.1) is 0 Å². The molecule has 0 bridgehead atoms. The molecule has 6 heteroatoms. The molecule has 1 atom stereocenters. The van der Waals surface area contributed by atoms with Crippen LogP contribution in [-0.2, 0) is 17.6 Å². The zero-order chi connectivity index (χ0) is 22.1. The summed E-state index contributed by atoms with van der Waals surface area (Å²) in [7, 11) is 0. The standard InChI is InChI=1S/C25H30N4O2/c26-23(12-6-9-19-7-2-1-3-8-19)18-29(27)24(17-25(30)28-31)16-20-13-14-21-10-4-5-11-22(21)15-20/h1-5,7-8,10-11,13-15,18,24,31H,6,9,12,16-17,26-27H2,(H,28,30)/b23-18-. The molecule has 0 fully saturated rings. The number of hydrazine groups is 1. The van der Waals surface area contributed by atoms with E-state index in [1.165, 1.54) is 10.6 Å². The number of nitrogens with zero attached hydrogens (tertiary/aromatic N) is 1. The number of hydrogen-bond donors (Lipinski definition) is 4. The van der Waals surface area contributed by atoms with Crippen LogP contribution in [0.5, 0.6) is 0 Å². The molecular weight excluding hydrogens is 388 g/mol. The number of nitrogens with two attached hydrogens (primary N) is 2. The fourth-order valence-electron chi connectivity index (χ4n) is 3.68. The Morgan fingerprint density at radius 2 is 1.71 bits per heavy atom. The summed E-state index contributed by atoms with van der Waals surface area (Å²) in [5.74, 6) is 5.79. The first-order chi connectivity index (χ1) is 15.0. The van der Waals surface area contributed by atoms with E-state index in [9.17, 15) is 4.79 Å². The Bertz CT molecular complexity index is 1020. The normalized spacial score (nSPS) is 12.5. The molecule has 0 aliphatic rings. The van der Waals surface area contributed by atoms with Gasteiger partial charge < -0.3 is 10.7 Å². The van der Waals surface area contributed by atoms with E-state index in [4.69, 9.17) is 16.8 Å². The monoisotopic (exact) mass is 418 g/mol. The average molecular weight is 419 g/mol. The molecule has 31 heavy (non-hydrogen) atoms. The van der Waals surface area contributed by atoms with Crippen LogP contribution < -0.4 is 17.1 Å². The molecule has 1 amide bonds. The zero-order valence-corrected chi connectivity index (χ0v) is 17.6. The van der Waals surface area contributed by atoms with E-state index in [0.29, 0.717) is 18.5 Å². The third-order valence-electron chi connectivity index (χ3n) is 5.34. The Morgan fingerprint density at radius 1 is 1.00 bits per heavy atom. The van der Waals surface area contributed by atoms with E-state index >= 15 is 0 Å². The van der Waals surface area contributed by atoms with Gasteiger partial charge in [-0.2, -0.15) is 0 Å². The number of rotatable bonds is 10. The van der Waals surface area contributed by atoms with Gasteiger partial charge in [0, 0.05) is 11.9 Å². The lowest BCUT2D eigenvalue weighted by molar-refractivity contribution is -0.130. The van der Waals surface area contributed by atoms with Crippen LogP contribution in [0.4, 0.5) is 0 Å². The van der Waals surface area contributed by atoms with Crippen LogP contribution in [0.25, 0.3) is 10.8 Å². The number of amides is 1. The Morgan fingerprint density at radius 3 is 2.45 bits per heavy atom. The van der Waals surface area contributed by atoms with Crippen molar-refractivity contribution in [2.75, 3.05) is 0 Å². The maximum absolute atomic E-state index is 11.8. The van der Waals surface area contributed by atoms with Crippen molar-refractivity contribution in [3.05, 3.63) is 95.8 Å². The van der Waals surface area contributed by atoms with Crippen LogP contribution in [0.1, 0.15) is 30.4 Å². The van der Waals surface area contributed by atoms with E-state index in [-0.39, 0.29) is 12.5 Å². The average Bonchev–Trinajstić information content (AvgIpc) is 2.79. The Labute approximate surface area is 183 Å². The van der Waals surface area contributed by atoms with Crippen LogP contribution in [0, 0.1) is 0 Å². The first kappa shape index (κ1) is 22.3. The largest absolute Gasteiger partial charge is 0.401 e. The second kappa shape index (κ2) is 11.2. The molecule has 162 valence electrons. The molecule has 6 nitrogen and oxygen atoms in total. The molecule has 0 aromatic heterocycles. The number of aryl methyl sites for hydroxylation is 1. The predicted molar refractivity (Wildman–Crippen MR) is 124 cm³/mol. The quantitative estimate of drug-likeness (QED) is 0.229. The van der Waals surface area contributed by atoms with Gasteiger partial charge in [0.2, 0.25) is 5.91 Å². The van der Waals surface area contributed by atoms with Gasteiger partial charge in [0.1, 0.15) is 0 Å². The van der Waals surface area contributed by atoms with E-state index in [1.54, 1.807) is 11.7 Å². The van der Waals surface area contributed by atoms with Crippen LogP contribution in [0.2, 0.25) is 0 Å². The molecular formula is C25H30N4O2. The highest BCUT2D eigenvalue weighted by molar-refractivity contribution is 5.83. The van der Waals surface area contributed by atoms with Gasteiger partial charge >= 0.3 is 0 Å². The molecule has 0 heterocycles. The maximum Gasteiger partial charge on any atom is 0.245 e. The number of hydrogen-bond acceptors (Lipinski definition) is 5. The second-order valence-corrected chi connectivity index (χ2v) is 7.77. The van der Waals surface area contributed by atoms with Crippen molar-refractivity contribution in [1.82, 2.24) is 10.5 Å². The van der Waals surface area contributed by atoms with Crippen molar-refractivity contribution in [2.24, 2.45) is 11.6 Å². The smallest absolute Gasteiger partial charge is 0.245 e. The van der Waals surface area contributed by atoms with E-state index in [2.05, 4.69) is 36.4 Å². The number of benzene rings is 3. The minimum atomic E-state index is -0.489. The van der Waals surface area contributed by atoms with Crippen LogP contribution in [-0.4, -0.2) is 22.2 Å². The lowest BCUT2D eigenvalue weighted by Gasteiger charge is -2.26. The molecule has 0 saturated heterocycles. The molecule has 0 aliphatic carbocycles. The fraction of sp³-hybridized carbons (Fsp3) is 0.240. The van der Waals surface area contributed by atoms with Gasteiger partial charge in [-0.1, -0.05) is 72.8 Å². The second-order valence-electron chi connectivity index (χ2n) is 7.77. The van der Waals surface area contributed by atoms with Gasteiger partial charge in [0.15, 0.2) is 0 Å². The highest BCUT2D eigenvalue weighted by Crippen LogP contribution is 2.19. The Hall–Kier alpha value is -3.35. The number of nitrogens with one attached hydrogen (secondary N) is 1. The van der Waals surface area contributed by atoms with Crippen molar-refractivity contribution >= 4 is 16.7 Å². The van der Waals surface area contributed by atoms with Crippen LogP contribution >= 0.6 is 0 Å². The third kappa shape index (κ3) is 6.84. The summed E-state index contributed by atoms with van der Waals surface area (Å²) >= 11 is 0. The topological polar surface area (TPSA) is 105 Å². The van der Waals surface area contributed by atoms with Gasteiger partial charge in [-0.05, 0) is 47.6 Å². The summed E-state index contributed by atoms with van der Waals surface area (Å²) < 4.78 is 0. The number of allylic oxidation sites excluding steroid dienone is 1. The summed E-state index contributed by atoms with van der Waals surface area (Å²) in [6, 6.07) is 24.2. The SMILES string of the molecule is N/C(=C\N(N)C(CC(=O)NO)Cc1ccc2ccccc2c1)CCCc1ccccc1. The summed E-state index contributed by atoms with van der Waals surface area (Å²) in [5, 5.41) is 12.8. The minimum Gasteiger partial charge on any atom is -0.401 e. The molecule has 3 aromatic carbocycles. The minimum absolute atomic E-state index is 0.0492. The van der Waals surface area contributed by atoms with Gasteiger partial charge in [0.25, 0.3) is 0 Å². The molecule has 1 unspecified atom stereocenters. The predicted octanol–water partition coefficient (Wildman–Crippen LogP) is 3.65. The van der Waals surface area contributed by atoms with Crippen molar-refractivity contribution in [3.63, 3.8) is 0 Å². The van der Waals surface area contributed by atoms with E-state index < -0.39 is 5.91 Å². The summed E-state index contributed by atoms with van der Waals surface area (Å²) in [4.78, 5) is 11.8. The van der Waals surface area contributed by atoms with Crippen molar-refractivity contribution < 1.29 is 10.0 Å². The number of hydroxylamine groups is 1. The molecule has 3 aromatic rings. The fourth-order valence-corrected chi connectivity index (χ4v) is 3.68. The maximum atomic E-state index is 11.8.